The average Bonchev–Trinajstić information content (AvgIpc) is 2.41. The van der Waals surface area contributed by atoms with Gasteiger partial charge in [-0.3, -0.25) is 4.79 Å². The van der Waals surface area contributed by atoms with Crippen molar-refractivity contribution < 1.29 is 13.9 Å². The van der Waals surface area contributed by atoms with E-state index in [0.717, 1.165) is 0 Å². The lowest BCUT2D eigenvalue weighted by atomic mass is 10.1. The van der Waals surface area contributed by atoms with Crippen LogP contribution in [0.1, 0.15) is 10.4 Å². The molecule has 0 saturated carbocycles. The second-order valence-electron chi connectivity index (χ2n) is 4.01. The van der Waals surface area contributed by atoms with Gasteiger partial charge in [-0.25, -0.2) is 4.39 Å². The van der Waals surface area contributed by atoms with Crippen LogP contribution in [-0.4, -0.2) is 41.9 Å². The number of ether oxygens (including phenoxy) is 1. The van der Waals surface area contributed by atoms with E-state index in [1.54, 1.807) is 4.90 Å². The Morgan fingerprint density at radius 1 is 1.61 bits per heavy atom. The summed E-state index contributed by atoms with van der Waals surface area (Å²) in [4.78, 5) is 14.0. The summed E-state index contributed by atoms with van der Waals surface area (Å²) in [6, 6.07) is 4.08. The molecule has 98 valence electrons. The van der Waals surface area contributed by atoms with Gasteiger partial charge in [-0.1, -0.05) is 27.5 Å². The Hall–Kier alpha value is -0.650. The van der Waals surface area contributed by atoms with Crippen molar-refractivity contribution in [2.75, 3.05) is 25.1 Å². The van der Waals surface area contributed by atoms with Crippen LogP contribution in [0.5, 0.6) is 0 Å². The van der Waals surface area contributed by atoms with Gasteiger partial charge >= 0.3 is 0 Å². The average molecular weight is 337 g/mol. The first kappa shape index (κ1) is 13.8. The van der Waals surface area contributed by atoms with E-state index >= 15 is 0 Å². The van der Waals surface area contributed by atoms with Crippen molar-refractivity contribution in [3.05, 3.63) is 34.6 Å². The second kappa shape index (κ2) is 5.99. The third-order valence-electron chi connectivity index (χ3n) is 2.83. The van der Waals surface area contributed by atoms with Crippen molar-refractivity contribution in [2.45, 2.75) is 6.04 Å². The summed E-state index contributed by atoms with van der Waals surface area (Å²) in [6.45, 7) is 1.51. The number of halogens is 3. The van der Waals surface area contributed by atoms with E-state index in [-0.39, 0.29) is 17.0 Å². The molecular formula is C12H12BrClFNO2. The normalized spacial score (nSPS) is 19.9. The molecule has 18 heavy (non-hydrogen) atoms. The molecular weight excluding hydrogens is 324 g/mol. The van der Waals surface area contributed by atoms with Gasteiger partial charge in [0.15, 0.2) is 0 Å². The van der Waals surface area contributed by atoms with E-state index in [4.69, 9.17) is 16.3 Å². The van der Waals surface area contributed by atoms with Crippen LogP contribution in [0, 0.1) is 5.82 Å². The molecule has 0 N–H and O–H groups in total. The topological polar surface area (TPSA) is 29.5 Å². The van der Waals surface area contributed by atoms with Gasteiger partial charge in [0.1, 0.15) is 5.82 Å². The number of rotatable bonds is 2. The molecule has 1 aromatic carbocycles. The predicted octanol–water partition coefficient (Wildman–Crippen LogP) is 2.72. The van der Waals surface area contributed by atoms with Crippen LogP contribution < -0.4 is 0 Å². The molecule has 2 rings (SSSR count). The van der Waals surface area contributed by atoms with Crippen LogP contribution in [0.25, 0.3) is 0 Å². The van der Waals surface area contributed by atoms with Gasteiger partial charge < -0.3 is 9.64 Å². The second-order valence-corrected chi connectivity index (χ2v) is 5.07. The number of alkyl halides is 1. The number of hydrogen-bond acceptors (Lipinski definition) is 2. The van der Waals surface area contributed by atoms with Crippen LogP contribution in [0.4, 0.5) is 4.39 Å². The van der Waals surface area contributed by atoms with Crippen molar-refractivity contribution in [2.24, 2.45) is 0 Å². The first-order chi connectivity index (χ1) is 8.63. The van der Waals surface area contributed by atoms with E-state index in [1.165, 1.54) is 18.2 Å². The summed E-state index contributed by atoms with van der Waals surface area (Å²) in [5.74, 6) is -0.774. The number of nitrogens with zero attached hydrogens (tertiary/aromatic N) is 1. The highest BCUT2D eigenvalue weighted by Crippen LogP contribution is 2.19. The molecule has 0 spiro atoms. The smallest absolute Gasteiger partial charge is 0.254 e. The zero-order chi connectivity index (χ0) is 13.1. The summed E-state index contributed by atoms with van der Waals surface area (Å²) in [7, 11) is 0. The predicted molar refractivity (Wildman–Crippen MR) is 70.8 cm³/mol. The molecule has 1 saturated heterocycles. The summed E-state index contributed by atoms with van der Waals surface area (Å²) in [5.41, 5.74) is 0.310. The molecule has 0 bridgehead atoms. The van der Waals surface area contributed by atoms with Crippen LogP contribution in [0.3, 0.4) is 0 Å². The zero-order valence-electron chi connectivity index (χ0n) is 9.54. The lowest BCUT2D eigenvalue weighted by molar-refractivity contribution is 0.00523. The van der Waals surface area contributed by atoms with Crippen molar-refractivity contribution in [3.63, 3.8) is 0 Å². The lowest BCUT2D eigenvalue weighted by Crippen LogP contribution is -2.49. The minimum Gasteiger partial charge on any atom is -0.377 e. The third-order valence-corrected chi connectivity index (χ3v) is 3.89. The number of carbonyl (C=O) groups excluding carboxylic acids is 1. The van der Waals surface area contributed by atoms with Gasteiger partial charge in [0.05, 0.1) is 24.3 Å². The van der Waals surface area contributed by atoms with E-state index in [0.29, 0.717) is 30.7 Å². The fourth-order valence-corrected chi connectivity index (χ4v) is 2.50. The Morgan fingerprint density at radius 2 is 2.39 bits per heavy atom. The Balaban J connectivity index is 2.21. The lowest BCUT2D eigenvalue weighted by Gasteiger charge is -2.34. The first-order valence-corrected chi connectivity index (χ1v) is 7.03. The number of carbonyl (C=O) groups is 1. The van der Waals surface area contributed by atoms with Crippen molar-refractivity contribution in [3.8, 4) is 0 Å². The van der Waals surface area contributed by atoms with Crippen LogP contribution in [0.15, 0.2) is 18.2 Å². The van der Waals surface area contributed by atoms with Gasteiger partial charge in [0.25, 0.3) is 5.91 Å². The first-order valence-electron chi connectivity index (χ1n) is 5.53. The van der Waals surface area contributed by atoms with E-state index in [1.807, 2.05) is 0 Å². The maximum Gasteiger partial charge on any atom is 0.254 e. The summed E-state index contributed by atoms with van der Waals surface area (Å²) in [5, 5.41) is 0.653. The van der Waals surface area contributed by atoms with Gasteiger partial charge in [-0.15, -0.1) is 0 Å². The minimum absolute atomic E-state index is 0.0190. The maximum absolute atomic E-state index is 13.3. The van der Waals surface area contributed by atoms with Gasteiger partial charge in [0.2, 0.25) is 0 Å². The Bertz CT molecular complexity index is 458. The third kappa shape index (κ3) is 2.84. The van der Waals surface area contributed by atoms with Gasteiger partial charge in [-0.05, 0) is 18.2 Å². The number of hydrogen-bond donors (Lipinski definition) is 0. The molecule has 3 nitrogen and oxygen atoms in total. The highest BCUT2D eigenvalue weighted by Gasteiger charge is 2.27. The monoisotopic (exact) mass is 335 g/mol. The number of benzene rings is 1. The van der Waals surface area contributed by atoms with E-state index in [9.17, 15) is 9.18 Å². The molecule has 0 radical (unpaired) electrons. The van der Waals surface area contributed by atoms with Crippen LogP contribution in [-0.2, 0) is 4.74 Å². The highest BCUT2D eigenvalue weighted by molar-refractivity contribution is 9.09. The molecule has 1 amide bonds. The molecule has 1 aliphatic rings. The highest BCUT2D eigenvalue weighted by atomic mass is 79.9. The molecule has 1 aromatic rings. The maximum atomic E-state index is 13.3. The molecule has 6 heteroatoms. The molecule has 1 heterocycles. The SMILES string of the molecule is O=C(c1ccc(Cl)c(F)c1)N1CCOCC1CBr. The van der Waals surface area contributed by atoms with E-state index in [2.05, 4.69) is 15.9 Å². The quantitative estimate of drug-likeness (QED) is 0.777. The van der Waals surface area contributed by atoms with Crippen molar-refractivity contribution in [1.82, 2.24) is 4.90 Å². The number of amides is 1. The van der Waals surface area contributed by atoms with Crippen molar-refractivity contribution >= 4 is 33.4 Å². The molecule has 0 aromatic heterocycles. The minimum atomic E-state index is -0.578. The molecule has 0 aliphatic carbocycles. The Labute approximate surface area is 118 Å². The largest absolute Gasteiger partial charge is 0.377 e. The van der Waals surface area contributed by atoms with Crippen LogP contribution in [0.2, 0.25) is 5.02 Å². The zero-order valence-corrected chi connectivity index (χ0v) is 11.9. The Kier molecular flexibility index (Phi) is 4.59. The fraction of sp³-hybridized carbons (Fsp3) is 0.417. The molecule has 1 aliphatic heterocycles. The molecule has 1 atom stereocenters. The van der Waals surface area contributed by atoms with Gasteiger partial charge in [-0.2, -0.15) is 0 Å². The summed E-state index contributed by atoms with van der Waals surface area (Å²) >= 11 is 8.95. The standard InChI is InChI=1S/C12H12BrClFNO2/c13-6-9-7-18-4-3-16(9)12(17)8-1-2-10(14)11(15)5-8/h1-2,5,9H,3-4,6-7H2. The molecule has 1 unspecified atom stereocenters. The molecule has 1 fully saturated rings. The fourth-order valence-electron chi connectivity index (χ4n) is 1.85. The van der Waals surface area contributed by atoms with Crippen molar-refractivity contribution in [1.29, 1.82) is 0 Å². The van der Waals surface area contributed by atoms with Gasteiger partial charge in [0, 0.05) is 17.4 Å². The van der Waals surface area contributed by atoms with E-state index < -0.39 is 5.82 Å². The van der Waals surface area contributed by atoms with Crippen LogP contribution >= 0.6 is 27.5 Å². The summed E-state index contributed by atoms with van der Waals surface area (Å²) in [6.07, 6.45) is 0. The Morgan fingerprint density at radius 3 is 3.06 bits per heavy atom. The number of morpholine rings is 1. The summed E-state index contributed by atoms with van der Waals surface area (Å²) < 4.78 is 18.7.